The van der Waals surface area contributed by atoms with Crippen LogP contribution in [0, 0.1) is 6.92 Å². The summed E-state index contributed by atoms with van der Waals surface area (Å²) in [6, 6.07) is 9.77. The van der Waals surface area contributed by atoms with Crippen molar-refractivity contribution in [3.05, 3.63) is 53.1 Å². The Kier molecular flexibility index (Phi) is 2.50. The lowest BCUT2D eigenvalue weighted by Crippen LogP contribution is -2.05. The Morgan fingerprint density at radius 3 is 2.47 bits per heavy atom. The molecule has 1 aliphatic rings. The number of benzene rings is 2. The zero-order valence-electron chi connectivity index (χ0n) is 10.3. The summed E-state index contributed by atoms with van der Waals surface area (Å²) in [7, 11) is -3.55. The van der Waals surface area contributed by atoms with E-state index in [1.807, 2.05) is 0 Å². The van der Waals surface area contributed by atoms with Crippen LogP contribution in [0.3, 0.4) is 0 Å². The van der Waals surface area contributed by atoms with E-state index in [0.29, 0.717) is 21.6 Å². The fourth-order valence-electron chi connectivity index (χ4n) is 2.29. The molecular formula is C15H12O3S. The van der Waals surface area contributed by atoms with Gasteiger partial charge in [-0.2, -0.15) is 0 Å². The molecule has 1 aliphatic heterocycles. The van der Waals surface area contributed by atoms with Gasteiger partial charge in [0.15, 0.2) is 0 Å². The molecule has 0 unspecified atom stereocenters. The Morgan fingerprint density at radius 1 is 0.947 bits per heavy atom. The van der Waals surface area contributed by atoms with Crippen molar-refractivity contribution in [1.29, 1.82) is 0 Å². The van der Waals surface area contributed by atoms with Gasteiger partial charge in [-0.1, -0.05) is 30.4 Å². The minimum absolute atomic E-state index is 0.101. The van der Waals surface area contributed by atoms with E-state index in [2.05, 4.69) is 0 Å². The molecule has 0 saturated carbocycles. The number of rotatable bonds is 0. The quantitative estimate of drug-likeness (QED) is 0.684. The highest BCUT2D eigenvalue weighted by Gasteiger charge is 2.26. The third kappa shape index (κ3) is 1.68. The lowest BCUT2D eigenvalue weighted by molar-refractivity contribution is 0.470. The first-order valence-corrected chi connectivity index (χ1v) is 7.35. The summed E-state index contributed by atoms with van der Waals surface area (Å²) in [6.07, 6.45) is 3.51. The van der Waals surface area contributed by atoms with Crippen LogP contribution in [0.15, 0.2) is 46.2 Å². The summed E-state index contributed by atoms with van der Waals surface area (Å²) in [5, 5.41) is 9.73. The predicted molar refractivity (Wildman–Crippen MR) is 73.7 cm³/mol. The first-order valence-electron chi connectivity index (χ1n) is 5.86. The standard InChI is InChI=1S/C15H12O3S/c1-10-12-7-6-11-4-2-3-5-14(11)19(17,18)15(12)9-8-13(10)16/h2-9,16H,1H3. The van der Waals surface area contributed by atoms with Crippen molar-refractivity contribution in [2.75, 3.05) is 0 Å². The average molecular weight is 272 g/mol. The van der Waals surface area contributed by atoms with Gasteiger partial charge in [-0.15, -0.1) is 0 Å². The van der Waals surface area contributed by atoms with Crippen molar-refractivity contribution in [3.63, 3.8) is 0 Å². The van der Waals surface area contributed by atoms with Crippen molar-refractivity contribution in [1.82, 2.24) is 0 Å². The normalized spacial score (nSPS) is 15.4. The Bertz CT molecular complexity index is 802. The highest BCUT2D eigenvalue weighted by molar-refractivity contribution is 7.91. The lowest BCUT2D eigenvalue weighted by Gasteiger charge is -2.10. The molecule has 2 aromatic rings. The minimum Gasteiger partial charge on any atom is -0.508 e. The maximum Gasteiger partial charge on any atom is 0.207 e. The summed E-state index contributed by atoms with van der Waals surface area (Å²) >= 11 is 0. The predicted octanol–water partition coefficient (Wildman–Crippen LogP) is 3.02. The van der Waals surface area contributed by atoms with E-state index in [0.717, 1.165) is 0 Å². The van der Waals surface area contributed by atoms with Gasteiger partial charge in [0.05, 0.1) is 9.79 Å². The third-order valence-electron chi connectivity index (χ3n) is 3.37. The van der Waals surface area contributed by atoms with Gasteiger partial charge in [0.2, 0.25) is 9.84 Å². The van der Waals surface area contributed by atoms with Crippen molar-refractivity contribution in [2.45, 2.75) is 16.7 Å². The number of hydrogen-bond donors (Lipinski definition) is 1. The van der Waals surface area contributed by atoms with E-state index in [1.165, 1.54) is 12.1 Å². The summed E-state index contributed by atoms with van der Waals surface area (Å²) in [5.41, 5.74) is 1.79. The van der Waals surface area contributed by atoms with Gasteiger partial charge in [0.1, 0.15) is 5.75 Å². The van der Waals surface area contributed by atoms with E-state index in [-0.39, 0.29) is 10.6 Å². The fraction of sp³-hybridized carbons (Fsp3) is 0.0667. The van der Waals surface area contributed by atoms with E-state index >= 15 is 0 Å². The maximum atomic E-state index is 12.7. The Labute approximate surface area is 111 Å². The monoisotopic (exact) mass is 272 g/mol. The zero-order valence-corrected chi connectivity index (χ0v) is 11.1. The molecule has 96 valence electrons. The van der Waals surface area contributed by atoms with Crippen LogP contribution in [-0.2, 0) is 9.84 Å². The lowest BCUT2D eigenvalue weighted by atomic mass is 10.1. The SMILES string of the molecule is Cc1c(O)ccc2c1C=Cc1ccccc1S2(=O)=O. The molecule has 0 aromatic heterocycles. The van der Waals surface area contributed by atoms with Crippen LogP contribution in [0.1, 0.15) is 16.7 Å². The molecule has 0 radical (unpaired) electrons. The average Bonchev–Trinajstić information content (AvgIpc) is 2.50. The molecule has 0 atom stereocenters. The largest absolute Gasteiger partial charge is 0.508 e. The third-order valence-corrected chi connectivity index (χ3v) is 5.26. The molecule has 0 aliphatic carbocycles. The van der Waals surface area contributed by atoms with Crippen LogP contribution in [0.25, 0.3) is 12.2 Å². The molecule has 0 saturated heterocycles. The van der Waals surface area contributed by atoms with Crippen molar-refractivity contribution >= 4 is 22.0 Å². The van der Waals surface area contributed by atoms with Gasteiger partial charge < -0.3 is 5.11 Å². The van der Waals surface area contributed by atoms with Crippen LogP contribution >= 0.6 is 0 Å². The van der Waals surface area contributed by atoms with E-state index in [1.54, 1.807) is 43.3 Å². The van der Waals surface area contributed by atoms with E-state index in [4.69, 9.17) is 0 Å². The highest BCUT2D eigenvalue weighted by Crippen LogP contribution is 2.36. The first kappa shape index (κ1) is 12.0. The van der Waals surface area contributed by atoms with Crippen LogP contribution in [0.4, 0.5) is 0 Å². The molecule has 1 N–H and O–H groups in total. The van der Waals surface area contributed by atoms with Gasteiger partial charge in [-0.25, -0.2) is 8.42 Å². The van der Waals surface area contributed by atoms with Gasteiger partial charge in [-0.3, -0.25) is 0 Å². The molecule has 0 amide bonds. The second kappa shape index (κ2) is 3.96. The molecule has 19 heavy (non-hydrogen) atoms. The Morgan fingerprint density at radius 2 is 1.68 bits per heavy atom. The molecule has 0 fully saturated rings. The molecule has 3 nitrogen and oxygen atoms in total. The number of phenols is 1. The molecule has 4 heteroatoms. The molecule has 1 heterocycles. The van der Waals surface area contributed by atoms with Gasteiger partial charge >= 0.3 is 0 Å². The topological polar surface area (TPSA) is 54.4 Å². The first-order chi connectivity index (χ1) is 9.01. The van der Waals surface area contributed by atoms with E-state index < -0.39 is 9.84 Å². The summed E-state index contributed by atoms with van der Waals surface area (Å²) in [4.78, 5) is 0.541. The molecule has 2 aromatic carbocycles. The fourth-order valence-corrected chi connectivity index (χ4v) is 3.99. The van der Waals surface area contributed by atoms with E-state index in [9.17, 15) is 13.5 Å². The molecule has 3 rings (SSSR count). The van der Waals surface area contributed by atoms with Crippen LogP contribution in [0.2, 0.25) is 0 Å². The van der Waals surface area contributed by atoms with Crippen LogP contribution < -0.4 is 0 Å². The summed E-state index contributed by atoms with van der Waals surface area (Å²) in [6.45, 7) is 1.71. The van der Waals surface area contributed by atoms with Crippen molar-refractivity contribution < 1.29 is 13.5 Å². The molecule has 0 bridgehead atoms. The van der Waals surface area contributed by atoms with Crippen LogP contribution in [-0.4, -0.2) is 13.5 Å². The van der Waals surface area contributed by atoms with Gasteiger partial charge in [0.25, 0.3) is 0 Å². The van der Waals surface area contributed by atoms with Gasteiger partial charge in [-0.05, 0) is 36.2 Å². The number of fused-ring (bicyclic) bond motifs is 2. The number of hydrogen-bond acceptors (Lipinski definition) is 3. The van der Waals surface area contributed by atoms with Crippen LogP contribution in [0.5, 0.6) is 5.75 Å². The summed E-state index contributed by atoms with van der Waals surface area (Å²) < 4.78 is 25.3. The number of sulfone groups is 1. The number of phenolic OH excluding ortho intramolecular Hbond substituents is 1. The minimum atomic E-state index is -3.55. The zero-order chi connectivity index (χ0) is 13.6. The van der Waals surface area contributed by atoms with Gasteiger partial charge in [0, 0.05) is 5.56 Å². The summed E-state index contributed by atoms with van der Waals surface area (Å²) in [5.74, 6) is 0.101. The maximum absolute atomic E-state index is 12.7. The smallest absolute Gasteiger partial charge is 0.207 e. The molecular weight excluding hydrogens is 260 g/mol. The van der Waals surface area contributed by atoms with Crippen molar-refractivity contribution in [2.24, 2.45) is 0 Å². The second-order valence-corrected chi connectivity index (χ2v) is 6.38. The number of aromatic hydroxyl groups is 1. The second-order valence-electron chi connectivity index (χ2n) is 4.50. The Balaban J connectivity index is 2.44. The highest BCUT2D eigenvalue weighted by atomic mass is 32.2. The molecule has 0 spiro atoms. The Hall–Kier alpha value is -2.07. The van der Waals surface area contributed by atoms with Crippen molar-refractivity contribution in [3.8, 4) is 5.75 Å².